The highest BCUT2D eigenvalue weighted by Crippen LogP contribution is 2.17. The monoisotopic (exact) mass is 468 g/mol. The molecule has 0 spiro atoms. The maximum atomic E-state index is 12.5. The molecule has 0 radical (unpaired) electrons. The minimum absolute atomic E-state index is 0.0331. The summed E-state index contributed by atoms with van der Waals surface area (Å²) in [5.41, 5.74) is 5.08. The third kappa shape index (κ3) is 6.52. The van der Waals surface area contributed by atoms with Crippen LogP contribution in [-0.4, -0.2) is 30.7 Å². The summed E-state index contributed by atoms with van der Waals surface area (Å²) in [5, 5.41) is 7.48. The fraction of sp³-hybridized carbons (Fsp3) is 0.360. The second-order valence-corrected chi connectivity index (χ2v) is 10.2. The molecular weight excluding hydrogens is 436 g/mol. The maximum Gasteiger partial charge on any atom is 0.240 e. The number of nitrogens with one attached hydrogen (secondary N) is 2. The van der Waals surface area contributed by atoms with Gasteiger partial charge in [0.25, 0.3) is 0 Å². The number of carbonyl (C=O) groups is 1. The number of hydrogen-bond acceptors (Lipinski definition) is 4. The van der Waals surface area contributed by atoms with E-state index in [-0.39, 0.29) is 23.8 Å². The molecule has 3 aromatic rings. The van der Waals surface area contributed by atoms with E-state index in [1.54, 1.807) is 12.1 Å². The molecule has 0 saturated heterocycles. The van der Waals surface area contributed by atoms with E-state index in [4.69, 9.17) is 0 Å². The minimum Gasteiger partial charge on any atom is -0.352 e. The lowest BCUT2D eigenvalue weighted by molar-refractivity contribution is -0.121. The third-order valence-electron chi connectivity index (χ3n) is 5.67. The van der Waals surface area contributed by atoms with Crippen LogP contribution in [0.2, 0.25) is 0 Å². The zero-order valence-corrected chi connectivity index (χ0v) is 20.4. The summed E-state index contributed by atoms with van der Waals surface area (Å²) >= 11 is 0. The van der Waals surface area contributed by atoms with Crippen molar-refractivity contribution in [3.8, 4) is 0 Å². The number of rotatable bonds is 10. The number of amides is 1. The van der Waals surface area contributed by atoms with E-state index in [0.717, 1.165) is 28.1 Å². The van der Waals surface area contributed by atoms with E-state index in [1.807, 2.05) is 48.9 Å². The van der Waals surface area contributed by atoms with Crippen LogP contribution in [0.5, 0.6) is 0 Å². The maximum absolute atomic E-state index is 12.5. The van der Waals surface area contributed by atoms with Crippen molar-refractivity contribution in [1.29, 1.82) is 0 Å². The van der Waals surface area contributed by atoms with Gasteiger partial charge in [-0.3, -0.25) is 9.48 Å². The molecule has 0 aliphatic rings. The van der Waals surface area contributed by atoms with Crippen LogP contribution in [0.25, 0.3) is 0 Å². The summed E-state index contributed by atoms with van der Waals surface area (Å²) in [6.45, 7) is 9.08. The van der Waals surface area contributed by atoms with Gasteiger partial charge in [-0.05, 0) is 43.0 Å². The van der Waals surface area contributed by atoms with Crippen molar-refractivity contribution in [1.82, 2.24) is 19.8 Å². The summed E-state index contributed by atoms with van der Waals surface area (Å²) in [5.74, 6) is 0.110. The topological polar surface area (TPSA) is 93.1 Å². The van der Waals surface area contributed by atoms with Gasteiger partial charge in [-0.1, -0.05) is 56.3 Å². The van der Waals surface area contributed by atoms with E-state index < -0.39 is 10.0 Å². The molecule has 0 atom stereocenters. The van der Waals surface area contributed by atoms with Gasteiger partial charge in [0.1, 0.15) is 0 Å². The molecule has 0 aliphatic carbocycles. The van der Waals surface area contributed by atoms with Crippen molar-refractivity contribution in [2.24, 2.45) is 0 Å². The second kappa shape index (κ2) is 10.8. The minimum atomic E-state index is -3.65. The molecule has 0 unspecified atom stereocenters. The lowest BCUT2D eigenvalue weighted by Crippen LogP contribution is -2.30. The standard InChI is InChI=1S/C25H32N4O3S/c1-18(2)22-10-12-23(13-11-22)33(31,32)27-15-14-25(30)26-16-24-19(3)28-29(20(24)4)17-21-8-6-5-7-9-21/h5-13,18,27H,14-17H2,1-4H3,(H,26,30). The Kier molecular flexibility index (Phi) is 8.05. The summed E-state index contributed by atoms with van der Waals surface area (Å²) in [6, 6.07) is 16.9. The average molecular weight is 469 g/mol. The van der Waals surface area contributed by atoms with Gasteiger partial charge in [0.15, 0.2) is 0 Å². The van der Waals surface area contributed by atoms with Crippen molar-refractivity contribution in [2.75, 3.05) is 6.54 Å². The van der Waals surface area contributed by atoms with Crippen LogP contribution in [0.4, 0.5) is 0 Å². The number of sulfonamides is 1. The fourth-order valence-electron chi connectivity index (χ4n) is 3.59. The van der Waals surface area contributed by atoms with Crippen LogP contribution in [0.1, 0.15) is 54.3 Å². The molecule has 0 fully saturated rings. The lowest BCUT2D eigenvalue weighted by Gasteiger charge is -2.10. The number of carbonyl (C=O) groups excluding carboxylic acids is 1. The molecule has 0 saturated carbocycles. The van der Waals surface area contributed by atoms with E-state index in [1.165, 1.54) is 0 Å². The number of aryl methyl sites for hydroxylation is 1. The number of nitrogens with zero attached hydrogens (tertiary/aromatic N) is 2. The second-order valence-electron chi connectivity index (χ2n) is 8.44. The van der Waals surface area contributed by atoms with E-state index in [9.17, 15) is 13.2 Å². The highest BCUT2D eigenvalue weighted by atomic mass is 32.2. The van der Waals surface area contributed by atoms with Crippen LogP contribution >= 0.6 is 0 Å². The van der Waals surface area contributed by atoms with Gasteiger partial charge in [-0.2, -0.15) is 5.10 Å². The first-order valence-corrected chi connectivity index (χ1v) is 12.6. The molecule has 176 valence electrons. The Morgan fingerprint density at radius 2 is 1.70 bits per heavy atom. The SMILES string of the molecule is Cc1nn(Cc2ccccc2)c(C)c1CNC(=O)CCNS(=O)(=O)c1ccc(C(C)C)cc1. The van der Waals surface area contributed by atoms with Crippen molar-refractivity contribution < 1.29 is 13.2 Å². The summed E-state index contributed by atoms with van der Waals surface area (Å²) in [4.78, 5) is 12.5. The Bertz CT molecular complexity index is 1180. The molecule has 8 heteroatoms. The Balaban J connectivity index is 1.50. The summed E-state index contributed by atoms with van der Waals surface area (Å²) in [7, 11) is -3.65. The van der Waals surface area contributed by atoms with Gasteiger partial charge in [0.05, 0.1) is 17.1 Å². The molecule has 1 amide bonds. The fourth-order valence-corrected chi connectivity index (χ4v) is 4.62. The first kappa shape index (κ1) is 24.7. The molecule has 0 aliphatic heterocycles. The molecule has 7 nitrogen and oxygen atoms in total. The molecule has 0 bridgehead atoms. The Labute approximate surface area is 196 Å². The molecule has 1 heterocycles. The van der Waals surface area contributed by atoms with E-state index in [0.29, 0.717) is 19.0 Å². The molecular formula is C25H32N4O3S. The zero-order chi connectivity index (χ0) is 24.0. The molecule has 2 N–H and O–H groups in total. The van der Waals surface area contributed by atoms with Gasteiger partial charge in [-0.15, -0.1) is 0 Å². The van der Waals surface area contributed by atoms with E-state index in [2.05, 4.69) is 41.1 Å². The number of benzene rings is 2. The lowest BCUT2D eigenvalue weighted by atomic mass is 10.0. The van der Waals surface area contributed by atoms with E-state index >= 15 is 0 Å². The molecule has 3 rings (SSSR count). The van der Waals surface area contributed by atoms with Crippen molar-refractivity contribution in [2.45, 2.75) is 58.0 Å². The third-order valence-corrected chi connectivity index (χ3v) is 7.15. The van der Waals surface area contributed by atoms with Gasteiger partial charge in [-0.25, -0.2) is 13.1 Å². The van der Waals surface area contributed by atoms with Crippen molar-refractivity contribution in [3.63, 3.8) is 0 Å². The first-order chi connectivity index (χ1) is 15.7. The molecule has 1 aromatic heterocycles. The van der Waals surface area contributed by atoms with Crippen LogP contribution in [-0.2, 0) is 27.9 Å². The van der Waals surface area contributed by atoms with Crippen LogP contribution in [0, 0.1) is 13.8 Å². The highest BCUT2D eigenvalue weighted by Gasteiger charge is 2.16. The number of hydrogen-bond donors (Lipinski definition) is 2. The highest BCUT2D eigenvalue weighted by molar-refractivity contribution is 7.89. The Morgan fingerprint density at radius 3 is 2.33 bits per heavy atom. The Hall–Kier alpha value is -2.97. The van der Waals surface area contributed by atoms with Gasteiger partial charge >= 0.3 is 0 Å². The van der Waals surface area contributed by atoms with Gasteiger partial charge < -0.3 is 5.32 Å². The van der Waals surface area contributed by atoms with Gasteiger partial charge in [0.2, 0.25) is 15.9 Å². The summed E-state index contributed by atoms with van der Waals surface area (Å²) in [6.07, 6.45) is 0.0551. The first-order valence-electron chi connectivity index (χ1n) is 11.1. The largest absolute Gasteiger partial charge is 0.352 e. The molecule has 33 heavy (non-hydrogen) atoms. The number of aromatic nitrogens is 2. The summed E-state index contributed by atoms with van der Waals surface area (Å²) < 4.78 is 29.4. The van der Waals surface area contributed by atoms with Crippen molar-refractivity contribution in [3.05, 3.63) is 82.7 Å². The van der Waals surface area contributed by atoms with Crippen LogP contribution in [0.15, 0.2) is 59.5 Å². The molecule has 2 aromatic carbocycles. The average Bonchev–Trinajstić information content (AvgIpc) is 3.05. The van der Waals surface area contributed by atoms with Crippen molar-refractivity contribution >= 4 is 15.9 Å². The quantitative estimate of drug-likeness (QED) is 0.475. The predicted octanol–water partition coefficient (Wildman–Crippen LogP) is 3.66. The van der Waals surface area contributed by atoms with Gasteiger partial charge in [0, 0.05) is 30.8 Å². The van der Waals surface area contributed by atoms with Crippen LogP contribution < -0.4 is 10.0 Å². The van der Waals surface area contributed by atoms with Crippen LogP contribution in [0.3, 0.4) is 0 Å². The normalized spacial score (nSPS) is 11.7. The predicted molar refractivity (Wildman–Crippen MR) is 129 cm³/mol. The Morgan fingerprint density at radius 1 is 1.03 bits per heavy atom. The smallest absolute Gasteiger partial charge is 0.240 e. The zero-order valence-electron chi connectivity index (χ0n) is 19.6.